The third-order valence-electron chi connectivity index (χ3n) is 4.60. The molecule has 1 aromatic carbocycles. The van der Waals surface area contributed by atoms with Gasteiger partial charge in [0.2, 0.25) is 5.91 Å². The molecule has 1 amide bonds. The fourth-order valence-corrected chi connectivity index (χ4v) is 3.04. The maximum absolute atomic E-state index is 12.3. The van der Waals surface area contributed by atoms with Crippen LogP contribution >= 0.6 is 0 Å². The van der Waals surface area contributed by atoms with Gasteiger partial charge in [-0.3, -0.25) is 9.59 Å². The van der Waals surface area contributed by atoms with Gasteiger partial charge in [0.15, 0.2) is 5.78 Å². The second-order valence-electron chi connectivity index (χ2n) is 6.64. The Labute approximate surface area is 144 Å². The Kier molecular flexibility index (Phi) is 6.79. The largest absolute Gasteiger partial charge is 0.494 e. The molecule has 1 aliphatic rings. The molecule has 5 nitrogen and oxygen atoms in total. The van der Waals surface area contributed by atoms with Crippen molar-refractivity contribution in [3.8, 4) is 5.75 Å². The van der Waals surface area contributed by atoms with E-state index in [1.807, 2.05) is 17.9 Å². The molecule has 2 atom stereocenters. The molecule has 1 aromatic rings. The summed E-state index contributed by atoms with van der Waals surface area (Å²) in [6, 6.07) is 7.27. The first-order valence-electron chi connectivity index (χ1n) is 8.74. The molecule has 0 aromatic heterocycles. The maximum Gasteiger partial charge on any atom is 0.222 e. The molecule has 2 N–H and O–H groups in total. The van der Waals surface area contributed by atoms with Crippen LogP contribution in [0.5, 0.6) is 5.75 Å². The number of nitrogens with zero attached hydrogens (tertiary/aromatic N) is 1. The van der Waals surface area contributed by atoms with Gasteiger partial charge in [0, 0.05) is 31.1 Å². The van der Waals surface area contributed by atoms with Crippen molar-refractivity contribution in [2.24, 2.45) is 11.7 Å². The van der Waals surface area contributed by atoms with Crippen molar-refractivity contribution in [2.75, 3.05) is 19.7 Å². The Morgan fingerprint density at radius 2 is 2.21 bits per heavy atom. The minimum atomic E-state index is 0.0180. The third kappa shape index (κ3) is 5.34. The summed E-state index contributed by atoms with van der Waals surface area (Å²) in [7, 11) is 0. The van der Waals surface area contributed by atoms with E-state index in [1.54, 1.807) is 18.2 Å². The van der Waals surface area contributed by atoms with Gasteiger partial charge in [-0.2, -0.15) is 0 Å². The number of likely N-dealkylation sites (tertiary alicyclic amines) is 1. The van der Waals surface area contributed by atoms with Crippen LogP contribution in [0.3, 0.4) is 0 Å². The van der Waals surface area contributed by atoms with Gasteiger partial charge < -0.3 is 15.4 Å². The third-order valence-corrected chi connectivity index (χ3v) is 4.60. The summed E-state index contributed by atoms with van der Waals surface area (Å²) in [6.07, 6.45) is 3.30. The molecule has 1 aliphatic heterocycles. The van der Waals surface area contributed by atoms with Gasteiger partial charge >= 0.3 is 0 Å². The van der Waals surface area contributed by atoms with Crippen molar-refractivity contribution < 1.29 is 14.3 Å². The Morgan fingerprint density at radius 3 is 2.92 bits per heavy atom. The summed E-state index contributed by atoms with van der Waals surface area (Å²) in [5, 5.41) is 0. The highest BCUT2D eigenvalue weighted by Gasteiger charge is 2.25. The number of Topliss-reactive ketones (excluding diaryl/α,β-unsaturated/α-hetero) is 1. The monoisotopic (exact) mass is 332 g/mol. The molecule has 0 aliphatic carbocycles. The van der Waals surface area contributed by atoms with E-state index in [0.717, 1.165) is 25.9 Å². The van der Waals surface area contributed by atoms with Gasteiger partial charge in [0.05, 0.1) is 6.61 Å². The minimum absolute atomic E-state index is 0.0180. The first-order chi connectivity index (χ1) is 11.5. The summed E-state index contributed by atoms with van der Waals surface area (Å²) < 4.78 is 5.65. The second kappa shape index (κ2) is 8.83. The van der Waals surface area contributed by atoms with Crippen molar-refractivity contribution >= 4 is 11.7 Å². The van der Waals surface area contributed by atoms with Gasteiger partial charge in [-0.25, -0.2) is 0 Å². The van der Waals surface area contributed by atoms with Crippen molar-refractivity contribution in [1.29, 1.82) is 0 Å². The van der Waals surface area contributed by atoms with Crippen molar-refractivity contribution in [1.82, 2.24) is 4.90 Å². The Bertz CT molecular complexity index is 571. The molecule has 2 rings (SSSR count). The van der Waals surface area contributed by atoms with Crippen molar-refractivity contribution in [3.05, 3.63) is 29.8 Å². The standard InChI is InChI=1S/C19H28N2O3/c1-14(20)17-7-4-10-21(13-17)19(23)9-5-11-24-18-8-3-6-16(12-18)15(2)22/h3,6,8,12,14,17H,4-5,7,9-11,13,20H2,1-2H3. The average Bonchev–Trinajstić information content (AvgIpc) is 2.58. The molecule has 1 fully saturated rings. The van der Waals surface area contributed by atoms with E-state index >= 15 is 0 Å². The lowest BCUT2D eigenvalue weighted by Crippen LogP contribution is -2.45. The fourth-order valence-electron chi connectivity index (χ4n) is 3.04. The normalized spacial score (nSPS) is 19.0. The Balaban J connectivity index is 1.73. The molecule has 5 heteroatoms. The number of carbonyl (C=O) groups is 2. The maximum atomic E-state index is 12.3. The summed E-state index contributed by atoms with van der Waals surface area (Å²) >= 11 is 0. The number of ketones is 1. The highest BCUT2D eigenvalue weighted by molar-refractivity contribution is 5.94. The lowest BCUT2D eigenvalue weighted by Gasteiger charge is -2.34. The van der Waals surface area contributed by atoms with E-state index in [4.69, 9.17) is 10.5 Å². The van der Waals surface area contributed by atoms with Crippen LogP contribution in [0.4, 0.5) is 0 Å². The highest BCUT2D eigenvalue weighted by Crippen LogP contribution is 2.20. The van der Waals surface area contributed by atoms with E-state index in [9.17, 15) is 9.59 Å². The van der Waals surface area contributed by atoms with Crippen LogP contribution in [-0.2, 0) is 4.79 Å². The van der Waals surface area contributed by atoms with Crippen LogP contribution < -0.4 is 10.5 Å². The number of rotatable bonds is 7. The average molecular weight is 332 g/mol. The van der Waals surface area contributed by atoms with E-state index in [0.29, 0.717) is 36.7 Å². The molecular weight excluding hydrogens is 304 g/mol. The van der Waals surface area contributed by atoms with Gasteiger partial charge in [-0.1, -0.05) is 12.1 Å². The number of ether oxygens (including phenoxy) is 1. The van der Waals surface area contributed by atoms with Gasteiger partial charge in [-0.05, 0) is 51.2 Å². The quantitative estimate of drug-likeness (QED) is 0.615. The summed E-state index contributed by atoms with van der Waals surface area (Å²) in [4.78, 5) is 25.6. The SMILES string of the molecule is CC(=O)c1cccc(OCCCC(=O)N2CCCC(C(C)N)C2)c1. The van der Waals surface area contributed by atoms with E-state index in [2.05, 4.69) is 0 Å². The lowest BCUT2D eigenvalue weighted by atomic mass is 9.92. The Morgan fingerprint density at radius 1 is 1.42 bits per heavy atom. The summed E-state index contributed by atoms with van der Waals surface area (Å²) in [5.74, 6) is 1.28. The lowest BCUT2D eigenvalue weighted by molar-refractivity contribution is -0.133. The molecular formula is C19H28N2O3. The number of hydrogen-bond donors (Lipinski definition) is 1. The fraction of sp³-hybridized carbons (Fsp3) is 0.579. The zero-order valence-electron chi connectivity index (χ0n) is 14.7. The van der Waals surface area contributed by atoms with Crippen LogP contribution in [0, 0.1) is 5.92 Å². The molecule has 0 spiro atoms. The molecule has 132 valence electrons. The number of piperidine rings is 1. The van der Waals surface area contributed by atoms with Crippen LogP contribution in [0.1, 0.15) is 49.9 Å². The smallest absolute Gasteiger partial charge is 0.222 e. The first kappa shape index (κ1) is 18.5. The molecule has 0 radical (unpaired) electrons. The van der Waals surface area contributed by atoms with Gasteiger partial charge in [0.25, 0.3) is 0 Å². The Hall–Kier alpha value is -1.88. The molecule has 0 saturated carbocycles. The summed E-state index contributed by atoms with van der Waals surface area (Å²) in [6.45, 7) is 5.63. The number of hydrogen-bond acceptors (Lipinski definition) is 4. The topological polar surface area (TPSA) is 72.6 Å². The second-order valence-corrected chi connectivity index (χ2v) is 6.64. The zero-order valence-corrected chi connectivity index (χ0v) is 14.7. The zero-order chi connectivity index (χ0) is 17.5. The molecule has 2 unspecified atom stereocenters. The van der Waals surface area contributed by atoms with Gasteiger partial charge in [0.1, 0.15) is 5.75 Å². The van der Waals surface area contributed by atoms with Crippen molar-refractivity contribution in [3.63, 3.8) is 0 Å². The predicted octanol–water partition coefficient (Wildman–Crippen LogP) is 2.63. The number of carbonyl (C=O) groups excluding carboxylic acids is 2. The van der Waals surface area contributed by atoms with Crippen LogP contribution in [0.2, 0.25) is 0 Å². The first-order valence-corrected chi connectivity index (χ1v) is 8.74. The van der Waals surface area contributed by atoms with Gasteiger partial charge in [-0.15, -0.1) is 0 Å². The van der Waals surface area contributed by atoms with E-state index < -0.39 is 0 Å². The van der Waals surface area contributed by atoms with Crippen molar-refractivity contribution in [2.45, 2.75) is 45.6 Å². The van der Waals surface area contributed by atoms with Crippen LogP contribution in [0.15, 0.2) is 24.3 Å². The predicted molar refractivity (Wildman–Crippen MR) is 94.1 cm³/mol. The number of benzene rings is 1. The summed E-state index contributed by atoms with van der Waals surface area (Å²) in [5.41, 5.74) is 6.60. The van der Waals surface area contributed by atoms with Crippen LogP contribution in [0.25, 0.3) is 0 Å². The minimum Gasteiger partial charge on any atom is -0.494 e. The molecule has 0 bridgehead atoms. The molecule has 1 saturated heterocycles. The van der Waals surface area contributed by atoms with E-state index in [1.165, 1.54) is 6.92 Å². The highest BCUT2D eigenvalue weighted by atomic mass is 16.5. The number of nitrogens with two attached hydrogens (primary N) is 1. The van der Waals surface area contributed by atoms with E-state index in [-0.39, 0.29) is 17.7 Å². The molecule has 24 heavy (non-hydrogen) atoms. The number of amides is 1. The van der Waals surface area contributed by atoms with Crippen LogP contribution in [-0.4, -0.2) is 42.3 Å². The molecule has 1 heterocycles.